The molecular weight excluding hydrogens is 264 g/mol. The van der Waals surface area contributed by atoms with Gasteiger partial charge in [-0.3, -0.25) is 0 Å². The second-order valence-electron chi connectivity index (χ2n) is 6.03. The summed E-state index contributed by atoms with van der Waals surface area (Å²) in [6.07, 6.45) is 4.80. The first-order chi connectivity index (χ1) is 10.2. The Morgan fingerprint density at radius 2 is 1.67 bits per heavy atom. The van der Waals surface area contributed by atoms with Crippen molar-refractivity contribution in [2.45, 2.75) is 46.5 Å². The van der Waals surface area contributed by atoms with Crippen LogP contribution in [0, 0.1) is 5.92 Å². The number of nitrogens with one attached hydrogen (secondary N) is 2. The minimum Gasteiger partial charge on any atom is -0.354 e. The highest BCUT2D eigenvalue weighted by Crippen LogP contribution is 2.18. The first-order valence-electron chi connectivity index (χ1n) is 8.17. The zero-order chi connectivity index (χ0) is 15.1. The maximum Gasteiger partial charge on any atom is 0.231 e. The highest BCUT2D eigenvalue weighted by Gasteiger charge is 2.16. The molecule has 0 saturated carbocycles. The van der Waals surface area contributed by atoms with Crippen LogP contribution in [0.4, 0.5) is 17.8 Å². The summed E-state index contributed by atoms with van der Waals surface area (Å²) in [6, 6.07) is 0. The Hall–Kier alpha value is -1.59. The number of rotatable bonds is 7. The van der Waals surface area contributed by atoms with Crippen LogP contribution in [-0.4, -0.2) is 41.1 Å². The van der Waals surface area contributed by atoms with Crippen molar-refractivity contribution in [1.29, 1.82) is 0 Å². The van der Waals surface area contributed by atoms with E-state index in [1.165, 1.54) is 19.3 Å². The normalized spacial score (nSPS) is 15.3. The maximum absolute atomic E-state index is 4.59. The van der Waals surface area contributed by atoms with Crippen molar-refractivity contribution in [2.24, 2.45) is 5.92 Å². The van der Waals surface area contributed by atoms with Crippen molar-refractivity contribution < 1.29 is 0 Å². The molecule has 0 aromatic carbocycles. The van der Waals surface area contributed by atoms with Crippen molar-refractivity contribution in [3.8, 4) is 0 Å². The number of aromatic nitrogens is 3. The van der Waals surface area contributed by atoms with E-state index in [2.05, 4.69) is 51.3 Å². The molecule has 6 heteroatoms. The van der Waals surface area contributed by atoms with Gasteiger partial charge in [0.1, 0.15) is 0 Å². The van der Waals surface area contributed by atoms with E-state index in [0.29, 0.717) is 17.8 Å². The standard InChI is InChI=1S/C15H28N6/c1-4-8-16-13-18-14(17-11-12(2)3)20-15(19-13)21-9-6-5-7-10-21/h12H,4-11H2,1-3H3,(H2,16,17,18,19,20). The Morgan fingerprint density at radius 1 is 1.00 bits per heavy atom. The highest BCUT2D eigenvalue weighted by atomic mass is 15.3. The van der Waals surface area contributed by atoms with Gasteiger partial charge in [-0.1, -0.05) is 20.8 Å². The fourth-order valence-electron chi connectivity index (χ4n) is 2.29. The van der Waals surface area contributed by atoms with Gasteiger partial charge in [0.25, 0.3) is 0 Å². The Balaban J connectivity index is 2.14. The van der Waals surface area contributed by atoms with E-state index in [1.807, 2.05) is 0 Å². The van der Waals surface area contributed by atoms with Gasteiger partial charge in [0.05, 0.1) is 0 Å². The molecule has 1 aliphatic heterocycles. The molecule has 1 aromatic heterocycles. The molecule has 1 fully saturated rings. The number of anilines is 3. The largest absolute Gasteiger partial charge is 0.354 e. The Kier molecular flexibility index (Phi) is 6.02. The first kappa shape index (κ1) is 15.8. The quantitative estimate of drug-likeness (QED) is 0.805. The average Bonchev–Trinajstić information content (AvgIpc) is 2.51. The van der Waals surface area contributed by atoms with E-state index in [-0.39, 0.29) is 0 Å². The Bertz CT molecular complexity index is 428. The van der Waals surface area contributed by atoms with E-state index < -0.39 is 0 Å². The van der Waals surface area contributed by atoms with Crippen LogP contribution >= 0.6 is 0 Å². The monoisotopic (exact) mass is 292 g/mol. The molecule has 2 N–H and O–H groups in total. The lowest BCUT2D eigenvalue weighted by molar-refractivity contribution is 0.567. The van der Waals surface area contributed by atoms with Crippen LogP contribution in [0.15, 0.2) is 0 Å². The number of hydrogen-bond donors (Lipinski definition) is 2. The molecule has 1 aliphatic rings. The lowest BCUT2D eigenvalue weighted by Gasteiger charge is -2.27. The van der Waals surface area contributed by atoms with Gasteiger partial charge in [-0.25, -0.2) is 0 Å². The molecule has 0 aliphatic carbocycles. The fraction of sp³-hybridized carbons (Fsp3) is 0.800. The summed E-state index contributed by atoms with van der Waals surface area (Å²) in [7, 11) is 0. The lowest BCUT2D eigenvalue weighted by atomic mass is 10.1. The van der Waals surface area contributed by atoms with E-state index in [9.17, 15) is 0 Å². The van der Waals surface area contributed by atoms with Gasteiger partial charge in [0.2, 0.25) is 17.8 Å². The topological polar surface area (TPSA) is 66.0 Å². The van der Waals surface area contributed by atoms with Crippen LogP contribution in [0.5, 0.6) is 0 Å². The van der Waals surface area contributed by atoms with Crippen molar-refractivity contribution in [2.75, 3.05) is 41.7 Å². The van der Waals surface area contributed by atoms with Gasteiger partial charge >= 0.3 is 0 Å². The fourth-order valence-corrected chi connectivity index (χ4v) is 2.29. The molecule has 1 aromatic rings. The summed E-state index contributed by atoms with van der Waals surface area (Å²) in [6.45, 7) is 10.3. The summed E-state index contributed by atoms with van der Waals surface area (Å²) in [5.41, 5.74) is 0. The minimum absolute atomic E-state index is 0.562. The lowest BCUT2D eigenvalue weighted by Crippen LogP contribution is -2.31. The minimum atomic E-state index is 0.562. The van der Waals surface area contributed by atoms with E-state index in [0.717, 1.165) is 38.5 Å². The molecule has 21 heavy (non-hydrogen) atoms. The van der Waals surface area contributed by atoms with Crippen LogP contribution in [0.2, 0.25) is 0 Å². The third-order valence-electron chi connectivity index (χ3n) is 3.46. The molecule has 0 bridgehead atoms. The molecule has 0 amide bonds. The van der Waals surface area contributed by atoms with Crippen LogP contribution in [0.1, 0.15) is 46.5 Å². The first-order valence-corrected chi connectivity index (χ1v) is 8.17. The summed E-state index contributed by atoms with van der Waals surface area (Å²) in [5, 5.41) is 6.58. The van der Waals surface area contributed by atoms with Gasteiger partial charge in [0.15, 0.2) is 0 Å². The number of piperidine rings is 1. The predicted octanol–water partition coefficient (Wildman–Crippen LogP) is 2.75. The number of nitrogens with zero attached hydrogens (tertiary/aromatic N) is 4. The molecule has 2 rings (SSSR count). The molecular formula is C15H28N6. The summed E-state index contributed by atoms with van der Waals surface area (Å²) < 4.78 is 0. The maximum atomic E-state index is 4.59. The summed E-state index contributed by atoms with van der Waals surface area (Å²) >= 11 is 0. The van der Waals surface area contributed by atoms with E-state index >= 15 is 0 Å². The average molecular weight is 292 g/mol. The van der Waals surface area contributed by atoms with Gasteiger partial charge in [-0.2, -0.15) is 15.0 Å². The van der Waals surface area contributed by atoms with Crippen LogP contribution in [0.3, 0.4) is 0 Å². The van der Waals surface area contributed by atoms with Crippen molar-refractivity contribution in [3.63, 3.8) is 0 Å². The SMILES string of the molecule is CCCNc1nc(NCC(C)C)nc(N2CCCCC2)n1. The van der Waals surface area contributed by atoms with E-state index in [4.69, 9.17) is 0 Å². The van der Waals surface area contributed by atoms with Gasteiger partial charge in [-0.15, -0.1) is 0 Å². The van der Waals surface area contributed by atoms with E-state index in [1.54, 1.807) is 0 Å². The highest BCUT2D eigenvalue weighted by molar-refractivity contribution is 5.44. The molecule has 6 nitrogen and oxygen atoms in total. The zero-order valence-electron chi connectivity index (χ0n) is 13.5. The molecule has 0 radical (unpaired) electrons. The smallest absolute Gasteiger partial charge is 0.231 e. The summed E-state index contributed by atoms with van der Waals surface area (Å²) in [5.74, 6) is 2.72. The zero-order valence-corrected chi connectivity index (χ0v) is 13.5. The third kappa shape index (κ3) is 5.02. The second-order valence-corrected chi connectivity index (χ2v) is 6.03. The Labute approximate surface area is 127 Å². The van der Waals surface area contributed by atoms with Gasteiger partial charge < -0.3 is 15.5 Å². The molecule has 0 atom stereocenters. The molecule has 2 heterocycles. The summed E-state index contributed by atoms with van der Waals surface area (Å²) in [4.78, 5) is 15.9. The van der Waals surface area contributed by atoms with Gasteiger partial charge in [0, 0.05) is 26.2 Å². The molecule has 1 saturated heterocycles. The molecule has 0 unspecified atom stereocenters. The van der Waals surface area contributed by atoms with Crippen molar-refractivity contribution >= 4 is 17.8 Å². The van der Waals surface area contributed by atoms with Crippen molar-refractivity contribution in [1.82, 2.24) is 15.0 Å². The molecule has 118 valence electrons. The van der Waals surface area contributed by atoms with Crippen molar-refractivity contribution in [3.05, 3.63) is 0 Å². The molecule has 0 spiro atoms. The second kappa shape index (κ2) is 8.00. The third-order valence-corrected chi connectivity index (χ3v) is 3.46. The Morgan fingerprint density at radius 3 is 2.29 bits per heavy atom. The van der Waals surface area contributed by atoms with Crippen LogP contribution in [0.25, 0.3) is 0 Å². The van der Waals surface area contributed by atoms with Gasteiger partial charge in [-0.05, 0) is 31.6 Å². The van der Waals surface area contributed by atoms with Crippen LogP contribution in [-0.2, 0) is 0 Å². The van der Waals surface area contributed by atoms with Crippen LogP contribution < -0.4 is 15.5 Å². The predicted molar refractivity (Wildman–Crippen MR) is 88.0 cm³/mol. The number of hydrogen-bond acceptors (Lipinski definition) is 6.